The number of hydrogen-bond acceptors (Lipinski definition) is 16. The lowest BCUT2D eigenvalue weighted by molar-refractivity contribution is -0.385. The van der Waals surface area contributed by atoms with E-state index in [4.69, 9.17) is 39.2 Å². The lowest BCUT2D eigenvalue weighted by Crippen LogP contribution is -2.49. The minimum Gasteiger partial charge on any atom is -0.459 e. The fraction of sp³-hybridized carbons (Fsp3) is 0.257. The highest BCUT2D eigenvalue weighted by Gasteiger charge is 2.36. The number of hydrogen-bond donors (Lipinski definition) is 0. The Labute approximate surface area is 577 Å². The van der Waals surface area contributed by atoms with Gasteiger partial charge in [-0.2, -0.15) is 0 Å². The Morgan fingerprint density at radius 2 is 0.806 bits per heavy atom. The molecule has 28 heteroatoms. The fourth-order valence-electron chi connectivity index (χ4n) is 12.2. The van der Waals surface area contributed by atoms with Gasteiger partial charge in [0.25, 0.3) is 17.7 Å². The van der Waals surface area contributed by atoms with Gasteiger partial charge in [0.05, 0.1) is 54.2 Å². The number of aryl methyl sites for hydroxylation is 2. The van der Waals surface area contributed by atoms with E-state index in [-0.39, 0.29) is 52.3 Å². The molecule has 0 saturated carbocycles. The van der Waals surface area contributed by atoms with E-state index < -0.39 is 48.5 Å². The number of carbonyl (C=O) groups is 3. The molecule has 3 aliphatic heterocycles. The van der Waals surface area contributed by atoms with Crippen LogP contribution in [-0.2, 0) is 20.6 Å². The van der Waals surface area contributed by atoms with Crippen molar-refractivity contribution in [1.29, 1.82) is 0 Å². The summed E-state index contributed by atoms with van der Waals surface area (Å²) in [7, 11) is 3.06. The van der Waals surface area contributed by atoms with E-state index in [2.05, 4.69) is 0 Å². The van der Waals surface area contributed by atoms with Gasteiger partial charge < -0.3 is 43.0 Å². The van der Waals surface area contributed by atoms with Gasteiger partial charge >= 0.3 is 33.7 Å². The fourth-order valence-corrected chi connectivity index (χ4v) is 12.6. The highest BCUT2D eigenvalue weighted by atomic mass is 35.5. The zero-order valence-electron chi connectivity index (χ0n) is 51.1. The van der Waals surface area contributed by atoms with E-state index in [1.165, 1.54) is 40.1 Å². The van der Waals surface area contributed by atoms with Crippen LogP contribution in [0, 0.1) is 30.3 Å². The molecule has 25 nitrogen and oxygen atoms in total. The average molecular weight is 1390 g/mol. The summed E-state index contributed by atoms with van der Waals surface area (Å²) in [6, 6.07) is 45.5. The number of carbonyl (C=O) groups excluding carboxylic acids is 3. The van der Waals surface area contributed by atoms with Crippen LogP contribution in [-0.4, -0.2) is 139 Å². The summed E-state index contributed by atoms with van der Waals surface area (Å²) >= 11 is 17.8. The SMILES string of the molecule is C.C.C.Cn1c(=O)c([N+](=O)[O-])c(N2CCN(C(=O)c3ccc(Cl)c(Cl)c3)CC2)c2ccccc21.Cn1c(=O)c([N+](=O)[O-])c(N2CCN(C(=O)c3ccc(Cl)cc3)CC2)c2ccccc21.O=C(c1ccco1)N1CCN(c2c([N+](=O)[O-])c(=O)n(Cc3ccccc3)c3ccccc23)CC1. The van der Waals surface area contributed by atoms with Crippen molar-refractivity contribution in [2.75, 3.05) is 93.2 Å². The normalized spacial score (nSPS) is 13.6. The van der Waals surface area contributed by atoms with Crippen molar-refractivity contribution in [3.8, 4) is 0 Å². The smallest absolute Gasteiger partial charge is 0.357 e. The Morgan fingerprint density at radius 3 is 1.22 bits per heavy atom. The quantitative estimate of drug-likeness (QED) is 0.0859. The van der Waals surface area contributed by atoms with E-state index >= 15 is 0 Å². The van der Waals surface area contributed by atoms with E-state index in [1.54, 1.807) is 123 Å². The Hall–Kier alpha value is -10.9. The van der Waals surface area contributed by atoms with Crippen LogP contribution in [0.2, 0.25) is 15.1 Å². The number of amides is 3. The molecule has 3 aliphatic rings. The second kappa shape index (κ2) is 31.3. The van der Waals surface area contributed by atoms with Gasteiger partial charge in [-0.05, 0) is 78.4 Å². The first-order valence-corrected chi connectivity index (χ1v) is 31.1. The second-order valence-electron chi connectivity index (χ2n) is 22.5. The van der Waals surface area contributed by atoms with E-state index in [0.29, 0.717) is 155 Å². The summed E-state index contributed by atoms with van der Waals surface area (Å²) in [5.41, 5.74) is 1.35. The summed E-state index contributed by atoms with van der Waals surface area (Å²) in [6.45, 7) is 4.62. The number of nitro groups is 3. The molecule has 510 valence electrons. The predicted octanol–water partition coefficient (Wildman–Crippen LogP) is 12.2. The van der Waals surface area contributed by atoms with Gasteiger partial charge in [-0.15, -0.1) is 0 Å². The summed E-state index contributed by atoms with van der Waals surface area (Å²) < 4.78 is 9.26. The highest BCUT2D eigenvalue weighted by molar-refractivity contribution is 6.42. The molecule has 0 bridgehead atoms. The average Bonchev–Trinajstić information content (AvgIpc) is 0.962. The zero-order chi connectivity index (χ0) is 67.4. The van der Waals surface area contributed by atoms with Crippen LogP contribution >= 0.6 is 34.8 Å². The molecule has 0 aliphatic carbocycles. The van der Waals surface area contributed by atoms with E-state index in [9.17, 15) is 59.1 Å². The number of para-hydroxylation sites is 3. The van der Waals surface area contributed by atoms with Gasteiger partial charge in [-0.25, -0.2) is 0 Å². The zero-order valence-corrected chi connectivity index (χ0v) is 53.4. The van der Waals surface area contributed by atoms with Crippen LogP contribution in [0.4, 0.5) is 34.1 Å². The molecule has 0 N–H and O–H groups in total. The van der Waals surface area contributed by atoms with Crippen LogP contribution in [0.3, 0.4) is 0 Å². The topological polar surface area (TPSA) is 279 Å². The number of anilines is 3. The molecule has 3 amide bonds. The van der Waals surface area contributed by atoms with Gasteiger partial charge in [0.1, 0.15) is 17.1 Å². The minimum absolute atomic E-state index is 0. The third kappa shape index (κ3) is 14.7. The van der Waals surface area contributed by atoms with Crippen LogP contribution in [0.15, 0.2) is 183 Å². The van der Waals surface area contributed by atoms with Crippen LogP contribution in [0.25, 0.3) is 32.7 Å². The molecule has 4 aromatic heterocycles. The first kappa shape index (κ1) is 72.9. The molecule has 0 spiro atoms. The molecule has 7 heterocycles. The number of fused-ring (bicyclic) bond motifs is 3. The Morgan fingerprint density at radius 1 is 0.429 bits per heavy atom. The molecule has 0 radical (unpaired) electrons. The number of aromatic nitrogens is 3. The maximum absolute atomic E-state index is 13.4. The lowest BCUT2D eigenvalue weighted by Gasteiger charge is -2.36. The number of nitrogens with zero attached hydrogens (tertiary/aromatic N) is 12. The molecule has 3 saturated heterocycles. The molecule has 10 aromatic rings. The highest BCUT2D eigenvalue weighted by Crippen LogP contribution is 2.38. The van der Waals surface area contributed by atoms with Gasteiger partial charge in [0.15, 0.2) is 5.76 Å². The summed E-state index contributed by atoms with van der Waals surface area (Å²) in [5.74, 6) is -0.271. The predicted molar refractivity (Wildman–Crippen MR) is 383 cm³/mol. The number of halogens is 3. The maximum Gasteiger partial charge on any atom is 0.357 e. The van der Waals surface area contributed by atoms with Crippen molar-refractivity contribution in [1.82, 2.24) is 28.4 Å². The molecule has 3 fully saturated rings. The lowest BCUT2D eigenvalue weighted by atomic mass is 10.1. The van der Waals surface area contributed by atoms with Crippen molar-refractivity contribution in [2.45, 2.75) is 28.8 Å². The first-order chi connectivity index (χ1) is 45.7. The number of benzene rings is 6. The third-order valence-corrected chi connectivity index (χ3v) is 18.0. The molecule has 6 aromatic carbocycles. The standard InChI is InChI=1S/C25H22N4O5.C21H18Cl2N4O4.C21H19ClN4O4.3CH4/c30-24(21-11-6-16-34-21)27-14-12-26(13-15-27)22-19-9-4-5-10-20(19)28(25(31)23(22)29(32)33)17-18-7-2-1-3-8-18;1-24-17-5-3-2-4-14(17)18(19(21(24)29)27(30)31)25-8-10-26(11-9-25)20(28)13-6-7-15(22)16(23)12-13;1-23-17-5-3-2-4-16(17)18(19(21(23)28)26(29)30)24-10-12-25(13-11-24)20(27)14-6-8-15(22)9-7-14;;;/h1-11,16H,12-15,17H2;2-7,12H,8-11H2,1H3;2-9H,10-13H2,1H3;3*1H4. The number of piperazine rings is 3. The molecular formula is C70H71Cl3N12O13. The van der Waals surface area contributed by atoms with Crippen LogP contribution in [0.5, 0.6) is 0 Å². The van der Waals surface area contributed by atoms with Gasteiger partial charge in [0.2, 0.25) is 0 Å². The van der Waals surface area contributed by atoms with Crippen LogP contribution in [0.1, 0.15) is 59.1 Å². The van der Waals surface area contributed by atoms with Crippen molar-refractivity contribution < 1.29 is 33.6 Å². The maximum atomic E-state index is 13.4. The van der Waals surface area contributed by atoms with E-state index in [0.717, 1.165) is 5.56 Å². The largest absolute Gasteiger partial charge is 0.459 e. The molecule has 98 heavy (non-hydrogen) atoms. The van der Waals surface area contributed by atoms with Crippen molar-refractivity contribution in [3.05, 3.63) is 263 Å². The summed E-state index contributed by atoms with van der Waals surface area (Å²) in [4.78, 5) is 121. The number of pyridine rings is 3. The molecular weight excluding hydrogens is 1320 g/mol. The number of furan rings is 1. The summed E-state index contributed by atoms with van der Waals surface area (Å²) in [5, 5.41) is 38.8. The Bertz CT molecular complexity index is 4830. The van der Waals surface area contributed by atoms with Gasteiger partial charge in [-0.1, -0.05) is 142 Å². The summed E-state index contributed by atoms with van der Waals surface area (Å²) in [6.07, 6.45) is 1.45. The van der Waals surface area contributed by atoms with Crippen molar-refractivity contribution in [3.63, 3.8) is 0 Å². The van der Waals surface area contributed by atoms with Crippen molar-refractivity contribution >= 4 is 119 Å². The monoisotopic (exact) mass is 1390 g/mol. The van der Waals surface area contributed by atoms with Crippen molar-refractivity contribution in [2.24, 2.45) is 14.1 Å². The first-order valence-electron chi connectivity index (χ1n) is 29.9. The van der Waals surface area contributed by atoms with Gasteiger partial charge in [-0.3, -0.25) is 63.7 Å². The van der Waals surface area contributed by atoms with Gasteiger partial charge in [0, 0.05) is 125 Å². The Kier molecular flexibility index (Phi) is 23.3. The van der Waals surface area contributed by atoms with Crippen LogP contribution < -0.4 is 31.4 Å². The Balaban J connectivity index is 0.000000185. The molecule has 0 atom stereocenters. The second-order valence-corrected chi connectivity index (χ2v) is 23.7. The molecule has 0 unspecified atom stereocenters. The third-order valence-electron chi connectivity index (χ3n) is 17.0. The number of rotatable bonds is 11. The minimum atomic E-state index is -0.659. The van der Waals surface area contributed by atoms with E-state index in [1.807, 2.05) is 58.3 Å². The molecule has 13 rings (SSSR count).